The van der Waals surface area contributed by atoms with Crippen LogP contribution in [0.1, 0.15) is 30.6 Å². The van der Waals surface area contributed by atoms with Gasteiger partial charge >= 0.3 is 0 Å². The van der Waals surface area contributed by atoms with Gasteiger partial charge in [-0.1, -0.05) is 6.07 Å². The van der Waals surface area contributed by atoms with Crippen LogP contribution < -0.4 is 11.1 Å². The fraction of sp³-hybridized carbons (Fsp3) is 0.462. The molecule has 18 heavy (non-hydrogen) atoms. The SMILES string of the molecule is CC1OCCC1(C)NC(=O)c1cccc(N)c1Br. The zero-order chi connectivity index (χ0) is 13.3. The van der Waals surface area contributed by atoms with Crippen LogP contribution in [0, 0.1) is 0 Å². The number of nitrogens with one attached hydrogen (secondary N) is 1. The Bertz CT molecular complexity index is 478. The molecule has 2 unspecified atom stereocenters. The van der Waals surface area contributed by atoms with Gasteiger partial charge in [0.2, 0.25) is 0 Å². The van der Waals surface area contributed by atoms with Crippen molar-refractivity contribution in [3.05, 3.63) is 28.2 Å². The molecule has 0 radical (unpaired) electrons. The van der Waals surface area contributed by atoms with Gasteiger partial charge in [0.15, 0.2) is 0 Å². The van der Waals surface area contributed by atoms with E-state index >= 15 is 0 Å². The Balaban J connectivity index is 2.20. The summed E-state index contributed by atoms with van der Waals surface area (Å²) in [5.41, 5.74) is 6.57. The smallest absolute Gasteiger partial charge is 0.253 e. The van der Waals surface area contributed by atoms with Crippen molar-refractivity contribution in [2.24, 2.45) is 0 Å². The van der Waals surface area contributed by atoms with E-state index in [4.69, 9.17) is 10.5 Å². The molecule has 0 aliphatic carbocycles. The van der Waals surface area contributed by atoms with Crippen LogP contribution in [-0.2, 0) is 4.74 Å². The predicted molar refractivity (Wildman–Crippen MR) is 74.5 cm³/mol. The number of benzene rings is 1. The first-order valence-electron chi connectivity index (χ1n) is 5.92. The van der Waals surface area contributed by atoms with Crippen LogP contribution in [0.4, 0.5) is 5.69 Å². The third kappa shape index (κ3) is 2.37. The van der Waals surface area contributed by atoms with Crippen molar-refractivity contribution in [3.63, 3.8) is 0 Å². The van der Waals surface area contributed by atoms with Gasteiger partial charge in [0.25, 0.3) is 5.91 Å². The van der Waals surface area contributed by atoms with E-state index in [1.54, 1.807) is 18.2 Å². The number of halogens is 1. The lowest BCUT2D eigenvalue weighted by molar-refractivity contribution is 0.0727. The third-order valence-electron chi connectivity index (χ3n) is 3.56. The number of hydrogen-bond acceptors (Lipinski definition) is 3. The maximum atomic E-state index is 12.3. The Hall–Kier alpha value is -1.07. The van der Waals surface area contributed by atoms with Gasteiger partial charge in [0, 0.05) is 12.3 Å². The van der Waals surface area contributed by atoms with E-state index < -0.39 is 0 Å². The lowest BCUT2D eigenvalue weighted by Gasteiger charge is -2.29. The van der Waals surface area contributed by atoms with Crippen molar-refractivity contribution >= 4 is 27.5 Å². The van der Waals surface area contributed by atoms with Gasteiger partial charge in [-0.25, -0.2) is 0 Å². The Morgan fingerprint density at radius 1 is 1.61 bits per heavy atom. The molecule has 0 saturated carbocycles. The lowest BCUT2D eigenvalue weighted by Crippen LogP contribution is -2.50. The fourth-order valence-corrected chi connectivity index (χ4v) is 2.50. The number of carbonyl (C=O) groups excluding carboxylic acids is 1. The molecule has 5 heteroatoms. The Labute approximate surface area is 115 Å². The molecule has 1 aromatic carbocycles. The first-order chi connectivity index (χ1) is 8.44. The van der Waals surface area contributed by atoms with Crippen molar-refractivity contribution in [1.29, 1.82) is 0 Å². The fourth-order valence-electron chi connectivity index (χ4n) is 2.05. The summed E-state index contributed by atoms with van der Waals surface area (Å²) in [5.74, 6) is -0.131. The highest BCUT2D eigenvalue weighted by Crippen LogP contribution is 2.28. The molecule has 98 valence electrons. The Morgan fingerprint density at radius 3 is 2.94 bits per heavy atom. The monoisotopic (exact) mass is 312 g/mol. The summed E-state index contributed by atoms with van der Waals surface area (Å²) < 4.78 is 6.14. The van der Waals surface area contributed by atoms with E-state index in [0.717, 1.165) is 6.42 Å². The van der Waals surface area contributed by atoms with E-state index in [9.17, 15) is 4.79 Å². The minimum absolute atomic E-state index is 0.0151. The molecule has 4 nitrogen and oxygen atoms in total. The maximum Gasteiger partial charge on any atom is 0.253 e. The molecule has 0 aromatic heterocycles. The van der Waals surface area contributed by atoms with Gasteiger partial charge in [0.05, 0.1) is 21.7 Å². The summed E-state index contributed by atoms with van der Waals surface area (Å²) in [6, 6.07) is 5.27. The average molecular weight is 313 g/mol. The molecule has 2 atom stereocenters. The molecule has 2 rings (SSSR count). The van der Waals surface area contributed by atoms with Crippen LogP contribution in [0.15, 0.2) is 22.7 Å². The largest absolute Gasteiger partial charge is 0.398 e. The van der Waals surface area contributed by atoms with Gasteiger partial charge < -0.3 is 15.8 Å². The van der Waals surface area contributed by atoms with Crippen molar-refractivity contribution in [2.45, 2.75) is 31.9 Å². The van der Waals surface area contributed by atoms with Crippen molar-refractivity contribution < 1.29 is 9.53 Å². The number of hydrogen-bond donors (Lipinski definition) is 2. The molecule has 1 saturated heterocycles. The van der Waals surface area contributed by atoms with Crippen LogP contribution in [-0.4, -0.2) is 24.2 Å². The van der Waals surface area contributed by atoms with Crippen LogP contribution in [0.25, 0.3) is 0 Å². The van der Waals surface area contributed by atoms with Gasteiger partial charge in [0.1, 0.15) is 0 Å². The van der Waals surface area contributed by atoms with Crippen LogP contribution in [0.3, 0.4) is 0 Å². The van der Waals surface area contributed by atoms with E-state index in [-0.39, 0.29) is 17.6 Å². The summed E-state index contributed by atoms with van der Waals surface area (Å²) in [6.07, 6.45) is 0.834. The van der Waals surface area contributed by atoms with E-state index in [0.29, 0.717) is 22.3 Å². The Kier molecular flexibility index (Phi) is 3.64. The number of ether oxygens (including phenoxy) is 1. The van der Waals surface area contributed by atoms with E-state index in [1.165, 1.54) is 0 Å². The molecule has 3 N–H and O–H groups in total. The molecular weight excluding hydrogens is 296 g/mol. The second kappa shape index (κ2) is 4.90. The van der Waals surface area contributed by atoms with Crippen LogP contribution in [0.2, 0.25) is 0 Å². The summed E-state index contributed by atoms with van der Waals surface area (Å²) in [7, 11) is 0. The summed E-state index contributed by atoms with van der Waals surface area (Å²) in [5, 5.41) is 3.04. The Morgan fingerprint density at radius 2 is 2.33 bits per heavy atom. The predicted octanol–water partition coefficient (Wildman–Crippen LogP) is 2.33. The van der Waals surface area contributed by atoms with Crippen LogP contribution in [0.5, 0.6) is 0 Å². The third-order valence-corrected chi connectivity index (χ3v) is 4.44. The number of rotatable bonds is 2. The highest BCUT2D eigenvalue weighted by Gasteiger charge is 2.38. The molecule has 1 aromatic rings. The van der Waals surface area contributed by atoms with Crippen molar-refractivity contribution in [1.82, 2.24) is 5.32 Å². The van der Waals surface area contributed by atoms with Crippen LogP contribution >= 0.6 is 15.9 Å². The minimum Gasteiger partial charge on any atom is -0.398 e. The molecule has 1 heterocycles. The van der Waals surface area contributed by atoms with Crippen molar-refractivity contribution in [3.8, 4) is 0 Å². The number of amides is 1. The first-order valence-corrected chi connectivity index (χ1v) is 6.71. The maximum absolute atomic E-state index is 12.3. The zero-order valence-corrected chi connectivity index (χ0v) is 12.1. The lowest BCUT2D eigenvalue weighted by atomic mass is 9.94. The number of nitrogen functional groups attached to an aromatic ring is 1. The normalized spacial score (nSPS) is 27.2. The van der Waals surface area contributed by atoms with Gasteiger partial charge in [-0.05, 0) is 48.3 Å². The van der Waals surface area contributed by atoms with E-state index in [2.05, 4.69) is 21.2 Å². The quantitative estimate of drug-likeness (QED) is 0.824. The average Bonchev–Trinajstić information content (AvgIpc) is 2.62. The first kappa shape index (κ1) is 13.4. The van der Waals surface area contributed by atoms with Gasteiger partial charge in [-0.3, -0.25) is 4.79 Å². The van der Waals surface area contributed by atoms with Gasteiger partial charge in [-0.15, -0.1) is 0 Å². The molecule has 1 amide bonds. The second-order valence-electron chi connectivity index (χ2n) is 4.84. The van der Waals surface area contributed by atoms with E-state index in [1.807, 2.05) is 13.8 Å². The molecular formula is C13H17BrN2O2. The van der Waals surface area contributed by atoms with Crippen molar-refractivity contribution in [2.75, 3.05) is 12.3 Å². The molecule has 1 aliphatic rings. The second-order valence-corrected chi connectivity index (χ2v) is 5.64. The molecule has 0 bridgehead atoms. The molecule has 0 spiro atoms. The molecule has 1 aliphatic heterocycles. The summed E-state index contributed by atoms with van der Waals surface area (Å²) >= 11 is 3.35. The number of carbonyl (C=O) groups is 1. The minimum atomic E-state index is -0.318. The topological polar surface area (TPSA) is 64.3 Å². The number of nitrogens with two attached hydrogens (primary N) is 1. The summed E-state index contributed by atoms with van der Waals surface area (Å²) in [6.45, 7) is 4.65. The number of anilines is 1. The van der Waals surface area contributed by atoms with Gasteiger partial charge in [-0.2, -0.15) is 0 Å². The molecule has 1 fully saturated rings. The highest BCUT2D eigenvalue weighted by atomic mass is 79.9. The standard InChI is InChI=1S/C13H17BrN2O2/c1-8-13(2,6-7-18-8)16-12(17)9-4-3-5-10(15)11(9)14/h3-5,8H,6-7,15H2,1-2H3,(H,16,17). The summed E-state index contributed by atoms with van der Waals surface area (Å²) in [4.78, 5) is 12.3. The highest BCUT2D eigenvalue weighted by molar-refractivity contribution is 9.10. The zero-order valence-electron chi connectivity index (χ0n) is 10.5.